The SMILES string of the molecule is [2H]c1cc(Cl)cc2c1CN(C(=O)N1CCO[C@H](C)C1)CC2. The molecule has 0 saturated carbocycles. The number of urea groups is 1. The first-order chi connectivity index (χ1) is 10.0. The lowest BCUT2D eigenvalue weighted by Gasteiger charge is -2.37. The summed E-state index contributed by atoms with van der Waals surface area (Å²) in [5, 5.41) is 0.598. The van der Waals surface area contributed by atoms with Crippen LogP contribution in [0.15, 0.2) is 18.2 Å². The third kappa shape index (κ3) is 2.76. The zero-order valence-corrected chi connectivity index (χ0v) is 12.3. The maximum Gasteiger partial charge on any atom is 0.320 e. The predicted octanol–water partition coefficient (Wildman–Crippen LogP) is 2.54. The lowest BCUT2D eigenvalue weighted by atomic mass is 10.00. The van der Waals surface area contributed by atoms with Crippen molar-refractivity contribution in [2.75, 3.05) is 26.2 Å². The van der Waals surface area contributed by atoms with Crippen LogP contribution in [-0.2, 0) is 17.7 Å². The minimum absolute atomic E-state index is 0.0464. The summed E-state index contributed by atoms with van der Waals surface area (Å²) in [4.78, 5) is 16.3. The number of fused-ring (bicyclic) bond motifs is 1. The van der Waals surface area contributed by atoms with E-state index in [1.54, 1.807) is 6.07 Å². The van der Waals surface area contributed by atoms with Crippen LogP contribution in [0.3, 0.4) is 0 Å². The van der Waals surface area contributed by atoms with Crippen LogP contribution in [0.4, 0.5) is 4.79 Å². The van der Waals surface area contributed by atoms with Crippen molar-refractivity contribution in [3.05, 3.63) is 34.3 Å². The Balaban J connectivity index is 1.75. The average Bonchev–Trinajstić information content (AvgIpc) is 2.46. The van der Waals surface area contributed by atoms with Gasteiger partial charge < -0.3 is 14.5 Å². The molecule has 1 fully saturated rings. The van der Waals surface area contributed by atoms with Crippen molar-refractivity contribution in [2.45, 2.75) is 26.0 Å². The number of nitrogens with zero attached hydrogens (tertiary/aromatic N) is 2. The fraction of sp³-hybridized carbons (Fsp3) is 0.533. The van der Waals surface area contributed by atoms with Gasteiger partial charge >= 0.3 is 6.03 Å². The fourth-order valence-electron chi connectivity index (χ4n) is 2.80. The molecule has 108 valence electrons. The summed E-state index contributed by atoms with van der Waals surface area (Å²) >= 11 is 6.00. The average molecular weight is 296 g/mol. The molecular formula is C15H19ClN2O2. The van der Waals surface area contributed by atoms with E-state index in [0.29, 0.717) is 43.9 Å². The van der Waals surface area contributed by atoms with Crippen LogP contribution in [0.25, 0.3) is 0 Å². The van der Waals surface area contributed by atoms with E-state index in [1.807, 2.05) is 22.8 Å². The van der Waals surface area contributed by atoms with Gasteiger partial charge in [-0.1, -0.05) is 17.6 Å². The van der Waals surface area contributed by atoms with Crippen LogP contribution < -0.4 is 0 Å². The first-order valence-corrected chi connectivity index (χ1v) is 7.35. The molecule has 2 amide bonds. The van der Waals surface area contributed by atoms with E-state index in [2.05, 4.69) is 0 Å². The lowest BCUT2D eigenvalue weighted by molar-refractivity contribution is -0.00973. The van der Waals surface area contributed by atoms with Gasteiger partial charge in [-0.25, -0.2) is 4.79 Å². The van der Waals surface area contributed by atoms with Crippen LogP contribution in [0, 0.1) is 0 Å². The predicted molar refractivity (Wildman–Crippen MR) is 77.9 cm³/mol. The molecule has 0 bridgehead atoms. The molecule has 1 atom stereocenters. The Hall–Kier alpha value is -1.26. The van der Waals surface area contributed by atoms with Gasteiger partial charge in [-0.3, -0.25) is 0 Å². The number of hydrogen-bond acceptors (Lipinski definition) is 2. The lowest BCUT2D eigenvalue weighted by Crippen LogP contribution is -2.51. The summed E-state index contributed by atoms with van der Waals surface area (Å²) in [6, 6.07) is 4.02. The monoisotopic (exact) mass is 295 g/mol. The molecule has 2 aliphatic heterocycles. The number of carbonyl (C=O) groups excluding carboxylic acids is 1. The molecule has 2 heterocycles. The van der Waals surface area contributed by atoms with E-state index in [4.69, 9.17) is 17.7 Å². The molecule has 1 aromatic carbocycles. The van der Waals surface area contributed by atoms with Crippen molar-refractivity contribution >= 4 is 17.6 Å². The topological polar surface area (TPSA) is 32.8 Å². The summed E-state index contributed by atoms with van der Waals surface area (Å²) in [6.45, 7) is 5.02. The maximum absolute atomic E-state index is 12.6. The van der Waals surface area contributed by atoms with Crippen molar-refractivity contribution in [3.8, 4) is 0 Å². The minimum Gasteiger partial charge on any atom is -0.375 e. The molecule has 20 heavy (non-hydrogen) atoms. The number of ether oxygens (including phenoxy) is 1. The number of amides is 2. The molecule has 3 rings (SSSR count). The van der Waals surface area contributed by atoms with Crippen LogP contribution in [0.2, 0.25) is 5.02 Å². The third-order valence-electron chi connectivity index (χ3n) is 3.87. The highest BCUT2D eigenvalue weighted by atomic mass is 35.5. The molecule has 1 saturated heterocycles. The second kappa shape index (κ2) is 5.62. The van der Waals surface area contributed by atoms with Crippen LogP contribution in [0.1, 0.15) is 19.4 Å². The Bertz CT molecular complexity index is 567. The molecule has 0 spiro atoms. The van der Waals surface area contributed by atoms with Gasteiger partial charge in [-0.15, -0.1) is 0 Å². The maximum atomic E-state index is 12.6. The molecule has 2 aliphatic rings. The van der Waals surface area contributed by atoms with Gasteiger partial charge in [0.2, 0.25) is 0 Å². The van der Waals surface area contributed by atoms with E-state index in [1.165, 1.54) is 0 Å². The highest BCUT2D eigenvalue weighted by Crippen LogP contribution is 2.23. The number of carbonyl (C=O) groups is 1. The number of hydrogen-bond donors (Lipinski definition) is 0. The Morgan fingerprint density at radius 3 is 3.10 bits per heavy atom. The Morgan fingerprint density at radius 2 is 2.30 bits per heavy atom. The van der Waals surface area contributed by atoms with Gasteiger partial charge in [-0.05, 0) is 36.6 Å². The molecule has 4 nitrogen and oxygen atoms in total. The number of morpholine rings is 1. The summed E-state index contributed by atoms with van der Waals surface area (Å²) in [6.07, 6.45) is 0.846. The van der Waals surface area contributed by atoms with Crippen molar-refractivity contribution in [3.63, 3.8) is 0 Å². The van der Waals surface area contributed by atoms with Gasteiger partial charge in [0.1, 0.15) is 0 Å². The van der Waals surface area contributed by atoms with Gasteiger partial charge in [0.15, 0.2) is 0 Å². The van der Waals surface area contributed by atoms with Crippen molar-refractivity contribution in [2.24, 2.45) is 0 Å². The van der Waals surface area contributed by atoms with E-state index < -0.39 is 0 Å². The molecule has 0 unspecified atom stereocenters. The highest BCUT2D eigenvalue weighted by Gasteiger charge is 2.28. The molecule has 5 heteroatoms. The quantitative estimate of drug-likeness (QED) is 0.737. The second-order valence-corrected chi connectivity index (χ2v) is 5.84. The largest absolute Gasteiger partial charge is 0.375 e. The summed E-state index contributed by atoms with van der Waals surface area (Å²) < 4.78 is 13.5. The standard InChI is InChI=1S/C15H19ClN2O2/c1-11-9-18(6-7-20-11)15(19)17-5-4-12-8-14(16)3-2-13(12)10-17/h2-3,8,11H,4-7,9-10H2,1H3/t11-/m1/s1/i2D. The smallest absolute Gasteiger partial charge is 0.320 e. The van der Waals surface area contributed by atoms with Gasteiger partial charge in [0, 0.05) is 31.2 Å². The third-order valence-corrected chi connectivity index (χ3v) is 4.08. The van der Waals surface area contributed by atoms with Gasteiger partial charge in [0.25, 0.3) is 0 Å². The summed E-state index contributed by atoms with van der Waals surface area (Å²) in [5.41, 5.74) is 2.01. The Morgan fingerprint density at radius 1 is 1.45 bits per heavy atom. The summed E-state index contributed by atoms with van der Waals surface area (Å²) in [5.74, 6) is 0. The first-order valence-electron chi connectivity index (χ1n) is 7.48. The highest BCUT2D eigenvalue weighted by molar-refractivity contribution is 6.30. The van der Waals surface area contributed by atoms with E-state index in [0.717, 1.165) is 17.5 Å². The number of rotatable bonds is 0. The molecule has 0 aromatic heterocycles. The molecule has 0 radical (unpaired) electrons. The van der Waals surface area contributed by atoms with Crippen molar-refractivity contribution in [1.29, 1.82) is 0 Å². The van der Waals surface area contributed by atoms with Crippen LogP contribution >= 0.6 is 11.6 Å². The molecule has 0 aliphatic carbocycles. The molecule has 0 N–H and O–H groups in total. The molecular weight excluding hydrogens is 276 g/mol. The Labute approximate surface area is 125 Å². The van der Waals surface area contributed by atoms with Crippen LogP contribution in [-0.4, -0.2) is 48.2 Å². The summed E-state index contributed by atoms with van der Waals surface area (Å²) in [7, 11) is 0. The van der Waals surface area contributed by atoms with Gasteiger partial charge in [0.05, 0.1) is 14.1 Å². The van der Waals surface area contributed by atoms with Gasteiger partial charge in [-0.2, -0.15) is 0 Å². The molecule has 1 aromatic rings. The zero-order valence-electron chi connectivity index (χ0n) is 12.6. The van der Waals surface area contributed by atoms with Crippen molar-refractivity contribution in [1.82, 2.24) is 9.80 Å². The van der Waals surface area contributed by atoms with E-state index in [9.17, 15) is 4.79 Å². The second-order valence-electron chi connectivity index (χ2n) is 5.40. The van der Waals surface area contributed by atoms with Crippen LogP contribution in [0.5, 0.6) is 0 Å². The normalized spacial score (nSPS) is 23.3. The van der Waals surface area contributed by atoms with Crippen molar-refractivity contribution < 1.29 is 10.9 Å². The zero-order chi connectivity index (χ0) is 15.0. The fourth-order valence-corrected chi connectivity index (χ4v) is 2.98. The van der Waals surface area contributed by atoms with E-state index >= 15 is 0 Å². The Kier molecular flexibility index (Phi) is 3.51. The number of benzene rings is 1. The first kappa shape index (κ1) is 12.5. The number of halogens is 1. The minimum atomic E-state index is 0.0464. The van der Waals surface area contributed by atoms with E-state index in [-0.39, 0.29) is 12.1 Å².